The summed E-state index contributed by atoms with van der Waals surface area (Å²) >= 11 is 11.3. The van der Waals surface area contributed by atoms with Crippen LogP contribution in [0.4, 0.5) is 0 Å². The molecule has 0 saturated carbocycles. The number of halogens is 2. The van der Waals surface area contributed by atoms with Crippen LogP contribution in [0, 0.1) is 0 Å². The fourth-order valence-electron chi connectivity index (χ4n) is 0.808. The Morgan fingerprint density at radius 1 is 1.21 bits per heavy atom. The van der Waals surface area contributed by atoms with Crippen molar-refractivity contribution in [3.63, 3.8) is 0 Å². The number of carbonyl (C=O) groups is 2. The number of ether oxygens (including phenoxy) is 2. The molecular formula is C8H12Cl2O4. The Labute approximate surface area is 92.5 Å². The van der Waals surface area contributed by atoms with Crippen LogP contribution in [0.1, 0.15) is 19.3 Å². The summed E-state index contributed by atoms with van der Waals surface area (Å²) in [7, 11) is 2.49. The van der Waals surface area contributed by atoms with Gasteiger partial charge in [-0.15, -0.1) is 0 Å². The van der Waals surface area contributed by atoms with Crippen molar-refractivity contribution >= 4 is 35.1 Å². The van der Waals surface area contributed by atoms with Gasteiger partial charge in [0.25, 0.3) is 0 Å². The lowest BCUT2D eigenvalue weighted by Gasteiger charge is -2.15. The van der Waals surface area contributed by atoms with Crippen LogP contribution in [0.3, 0.4) is 0 Å². The molecule has 14 heavy (non-hydrogen) atoms. The molecule has 6 heteroatoms. The molecule has 0 rings (SSSR count). The molecule has 4 nitrogen and oxygen atoms in total. The Balaban J connectivity index is 3.88. The Morgan fingerprint density at radius 2 is 1.79 bits per heavy atom. The normalized spacial score (nSPS) is 10.9. The van der Waals surface area contributed by atoms with E-state index in [9.17, 15) is 9.59 Å². The largest absolute Gasteiger partial charge is 0.469 e. The second kappa shape index (κ2) is 6.09. The lowest BCUT2D eigenvalue weighted by atomic mass is 10.2. The summed E-state index contributed by atoms with van der Waals surface area (Å²) in [6.07, 6.45) is 0.696. The van der Waals surface area contributed by atoms with Crippen LogP contribution in [-0.4, -0.2) is 30.5 Å². The Hall–Kier alpha value is -0.480. The van der Waals surface area contributed by atoms with Crippen molar-refractivity contribution in [2.75, 3.05) is 14.2 Å². The maximum Gasteiger partial charge on any atom is 0.342 e. The van der Waals surface area contributed by atoms with E-state index in [2.05, 4.69) is 9.47 Å². The van der Waals surface area contributed by atoms with Crippen molar-refractivity contribution in [1.29, 1.82) is 0 Å². The molecule has 0 amide bonds. The fourth-order valence-corrected chi connectivity index (χ4v) is 1.23. The van der Waals surface area contributed by atoms with Crippen molar-refractivity contribution in [3.05, 3.63) is 0 Å². The van der Waals surface area contributed by atoms with E-state index >= 15 is 0 Å². The van der Waals surface area contributed by atoms with Gasteiger partial charge in [-0.25, -0.2) is 4.79 Å². The standard InChI is InChI=1S/C8H12Cl2O4/c1-13-6(11)4-3-5-8(9,10)7(12)14-2/h3-5H2,1-2H3. The number of hydrogen-bond donors (Lipinski definition) is 0. The number of rotatable bonds is 5. The lowest BCUT2D eigenvalue weighted by Crippen LogP contribution is -2.27. The van der Waals surface area contributed by atoms with E-state index in [1.165, 1.54) is 14.2 Å². The summed E-state index contributed by atoms with van der Waals surface area (Å²) in [6, 6.07) is 0. The Morgan fingerprint density at radius 3 is 2.21 bits per heavy atom. The maximum absolute atomic E-state index is 11.0. The molecule has 0 aromatic carbocycles. The first-order chi connectivity index (χ1) is 6.44. The van der Waals surface area contributed by atoms with Crippen molar-refractivity contribution in [2.24, 2.45) is 0 Å². The van der Waals surface area contributed by atoms with Crippen LogP contribution < -0.4 is 0 Å². The van der Waals surface area contributed by atoms with E-state index < -0.39 is 10.3 Å². The maximum atomic E-state index is 11.0. The molecule has 82 valence electrons. The molecule has 0 bridgehead atoms. The molecule has 0 aromatic heterocycles. The number of alkyl halides is 2. The van der Waals surface area contributed by atoms with Gasteiger partial charge in [0.15, 0.2) is 0 Å². The summed E-state index contributed by atoms with van der Waals surface area (Å²) in [5.41, 5.74) is 0. The van der Waals surface area contributed by atoms with Crippen LogP contribution >= 0.6 is 23.2 Å². The number of methoxy groups -OCH3 is 2. The van der Waals surface area contributed by atoms with E-state index in [0.29, 0.717) is 6.42 Å². The smallest absolute Gasteiger partial charge is 0.342 e. The van der Waals surface area contributed by atoms with Crippen LogP contribution in [0.2, 0.25) is 0 Å². The van der Waals surface area contributed by atoms with Gasteiger partial charge in [0.05, 0.1) is 14.2 Å². The van der Waals surface area contributed by atoms with Crippen molar-refractivity contribution in [1.82, 2.24) is 0 Å². The molecule has 0 fully saturated rings. The van der Waals surface area contributed by atoms with Gasteiger partial charge < -0.3 is 9.47 Å². The summed E-state index contributed by atoms with van der Waals surface area (Å²) in [4.78, 5) is 21.7. The zero-order valence-corrected chi connectivity index (χ0v) is 9.52. The molecule has 0 atom stereocenters. The van der Waals surface area contributed by atoms with E-state index in [0.717, 1.165) is 0 Å². The lowest BCUT2D eigenvalue weighted by molar-refractivity contribution is -0.143. The summed E-state index contributed by atoms with van der Waals surface area (Å²) < 4.78 is 7.21. The van der Waals surface area contributed by atoms with Crippen molar-refractivity contribution in [3.8, 4) is 0 Å². The number of carbonyl (C=O) groups excluding carboxylic acids is 2. The molecule has 0 spiro atoms. The minimum Gasteiger partial charge on any atom is -0.469 e. The van der Waals surface area contributed by atoms with E-state index in [1.807, 2.05) is 0 Å². The third-order valence-electron chi connectivity index (χ3n) is 1.58. The first kappa shape index (κ1) is 13.5. The molecule has 0 aliphatic heterocycles. The molecule has 0 heterocycles. The van der Waals surface area contributed by atoms with E-state index in [4.69, 9.17) is 23.2 Å². The van der Waals surface area contributed by atoms with Gasteiger partial charge in [-0.1, -0.05) is 23.2 Å². The molecule has 0 aromatic rings. The minimum atomic E-state index is -1.58. The topological polar surface area (TPSA) is 52.6 Å². The first-order valence-electron chi connectivity index (χ1n) is 3.97. The minimum absolute atomic E-state index is 0.151. The highest BCUT2D eigenvalue weighted by Crippen LogP contribution is 2.28. The molecule has 0 N–H and O–H groups in total. The average molecular weight is 243 g/mol. The fraction of sp³-hybridized carbons (Fsp3) is 0.750. The van der Waals surface area contributed by atoms with Gasteiger partial charge in [0.1, 0.15) is 0 Å². The zero-order chi connectivity index (χ0) is 11.2. The third-order valence-corrected chi connectivity index (χ3v) is 2.27. The van der Waals surface area contributed by atoms with Crippen LogP contribution in [0.25, 0.3) is 0 Å². The molecule has 0 aliphatic rings. The van der Waals surface area contributed by atoms with Gasteiger partial charge in [0.2, 0.25) is 4.33 Å². The van der Waals surface area contributed by atoms with Crippen LogP contribution in [0.15, 0.2) is 0 Å². The second-order valence-electron chi connectivity index (χ2n) is 2.63. The molecule has 0 saturated heterocycles. The van der Waals surface area contributed by atoms with Crippen molar-refractivity contribution in [2.45, 2.75) is 23.6 Å². The van der Waals surface area contributed by atoms with Gasteiger partial charge in [0, 0.05) is 6.42 Å². The molecule has 0 radical (unpaired) electrons. The van der Waals surface area contributed by atoms with Crippen LogP contribution in [0.5, 0.6) is 0 Å². The van der Waals surface area contributed by atoms with Crippen LogP contribution in [-0.2, 0) is 19.1 Å². The predicted molar refractivity (Wildman–Crippen MR) is 52.3 cm³/mol. The van der Waals surface area contributed by atoms with E-state index in [-0.39, 0.29) is 18.8 Å². The van der Waals surface area contributed by atoms with Gasteiger partial charge in [-0.2, -0.15) is 0 Å². The Kier molecular flexibility index (Phi) is 5.88. The average Bonchev–Trinajstić information content (AvgIpc) is 2.15. The van der Waals surface area contributed by atoms with Gasteiger partial charge in [-0.05, 0) is 12.8 Å². The summed E-state index contributed by atoms with van der Waals surface area (Å²) in [6.45, 7) is 0. The zero-order valence-electron chi connectivity index (χ0n) is 8.01. The first-order valence-corrected chi connectivity index (χ1v) is 4.72. The molecule has 0 unspecified atom stereocenters. The highest BCUT2D eigenvalue weighted by Gasteiger charge is 2.34. The van der Waals surface area contributed by atoms with Crippen molar-refractivity contribution < 1.29 is 19.1 Å². The Bertz CT molecular complexity index is 215. The predicted octanol–water partition coefficient (Wildman–Crippen LogP) is 1.68. The second-order valence-corrected chi connectivity index (χ2v) is 4.11. The summed E-state index contributed by atoms with van der Waals surface area (Å²) in [5, 5.41) is 0. The highest BCUT2D eigenvalue weighted by molar-refractivity contribution is 6.57. The van der Waals surface area contributed by atoms with Gasteiger partial charge in [-0.3, -0.25) is 4.79 Å². The SMILES string of the molecule is COC(=O)CCCC(Cl)(Cl)C(=O)OC. The van der Waals surface area contributed by atoms with E-state index in [1.54, 1.807) is 0 Å². The molecular weight excluding hydrogens is 231 g/mol. The third kappa shape index (κ3) is 4.67. The monoisotopic (exact) mass is 242 g/mol. The highest BCUT2D eigenvalue weighted by atomic mass is 35.5. The van der Waals surface area contributed by atoms with Gasteiger partial charge >= 0.3 is 11.9 Å². The quantitative estimate of drug-likeness (QED) is 0.544. The number of hydrogen-bond acceptors (Lipinski definition) is 4. The number of esters is 2. The molecule has 0 aliphatic carbocycles. The summed E-state index contributed by atoms with van der Waals surface area (Å²) in [5.74, 6) is -1.08.